The maximum atomic E-state index is 12.9. The molecule has 29 heavy (non-hydrogen) atoms. The molecule has 0 radical (unpaired) electrons. The van der Waals surface area contributed by atoms with Crippen molar-refractivity contribution in [2.45, 2.75) is 24.3 Å². The maximum Gasteiger partial charge on any atom is 0.248 e. The first-order valence-corrected chi connectivity index (χ1v) is 11.4. The number of primary amides is 1. The van der Waals surface area contributed by atoms with Gasteiger partial charge >= 0.3 is 0 Å². The van der Waals surface area contributed by atoms with Gasteiger partial charge in [-0.2, -0.15) is 4.31 Å². The first-order chi connectivity index (χ1) is 13.8. The van der Waals surface area contributed by atoms with Gasteiger partial charge in [0.15, 0.2) is 0 Å². The molecule has 0 aromatic heterocycles. The number of sulfonamides is 1. The summed E-state index contributed by atoms with van der Waals surface area (Å²) in [6.45, 7) is 0.782. The first-order valence-electron chi connectivity index (χ1n) is 9.19. The second-order valence-electron chi connectivity index (χ2n) is 6.94. The lowest BCUT2D eigenvalue weighted by Crippen LogP contribution is -2.45. The van der Waals surface area contributed by atoms with Crippen molar-refractivity contribution in [3.05, 3.63) is 64.1 Å². The van der Waals surface area contributed by atoms with Crippen LogP contribution in [-0.4, -0.2) is 37.6 Å². The van der Waals surface area contributed by atoms with Crippen LogP contribution >= 0.6 is 15.9 Å². The molecular weight excluding hydrogens is 458 g/mol. The van der Waals surface area contributed by atoms with Crippen molar-refractivity contribution in [2.75, 3.05) is 13.1 Å². The number of nitrogens with two attached hydrogens (primary N) is 1. The minimum Gasteiger partial charge on any atom is -0.366 e. The number of carbonyl (C=O) groups is 2. The van der Waals surface area contributed by atoms with Gasteiger partial charge in [0.25, 0.3) is 0 Å². The molecule has 0 aliphatic carbocycles. The van der Waals surface area contributed by atoms with E-state index >= 15 is 0 Å². The Morgan fingerprint density at radius 2 is 1.90 bits per heavy atom. The first kappa shape index (κ1) is 21.5. The summed E-state index contributed by atoms with van der Waals surface area (Å²) in [5.41, 5.74) is 6.41. The molecule has 0 saturated carbocycles. The van der Waals surface area contributed by atoms with Gasteiger partial charge in [-0.3, -0.25) is 9.59 Å². The van der Waals surface area contributed by atoms with Crippen molar-refractivity contribution in [1.82, 2.24) is 9.62 Å². The van der Waals surface area contributed by atoms with E-state index in [4.69, 9.17) is 5.73 Å². The van der Waals surface area contributed by atoms with Crippen molar-refractivity contribution in [3.63, 3.8) is 0 Å². The van der Waals surface area contributed by atoms with Gasteiger partial charge in [-0.05, 0) is 54.8 Å². The predicted molar refractivity (Wildman–Crippen MR) is 112 cm³/mol. The number of hydrogen-bond donors (Lipinski definition) is 2. The number of nitrogens with one attached hydrogen (secondary N) is 1. The Balaban J connectivity index is 1.64. The fourth-order valence-corrected chi connectivity index (χ4v) is 5.09. The smallest absolute Gasteiger partial charge is 0.248 e. The van der Waals surface area contributed by atoms with E-state index in [2.05, 4.69) is 21.2 Å². The third kappa shape index (κ3) is 5.23. The van der Waals surface area contributed by atoms with E-state index in [9.17, 15) is 18.0 Å². The van der Waals surface area contributed by atoms with Crippen LogP contribution in [0.2, 0.25) is 0 Å². The number of hydrogen-bond acceptors (Lipinski definition) is 4. The lowest BCUT2D eigenvalue weighted by molar-refractivity contribution is -0.126. The molecule has 0 spiro atoms. The fourth-order valence-electron chi connectivity index (χ4n) is 3.30. The molecule has 3 rings (SSSR count). The summed E-state index contributed by atoms with van der Waals surface area (Å²) >= 11 is 3.30. The number of benzene rings is 2. The van der Waals surface area contributed by atoms with Crippen molar-refractivity contribution in [1.29, 1.82) is 0 Å². The average Bonchev–Trinajstić information content (AvgIpc) is 2.72. The summed E-state index contributed by atoms with van der Waals surface area (Å²) in [5, 5.41) is 2.84. The third-order valence-electron chi connectivity index (χ3n) is 4.88. The van der Waals surface area contributed by atoms with Crippen molar-refractivity contribution < 1.29 is 18.0 Å². The van der Waals surface area contributed by atoms with Crippen molar-refractivity contribution >= 4 is 37.8 Å². The van der Waals surface area contributed by atoms with E-state index in [-0.39, 0.29) is 23.9 Å². The topological polar surface area (TPSA) is 110 Å². The van der Waals surface area contributed by atoms with Crippen LogP contribution in [0, 0.1) is 5.92 Å². The predicted octanol–water partition coefficient (Wildman–Crippen LogP) is 2.27. The van der Waals surface area contributed by atoms with Crippen molar-refractivity contribution in [2.24, 2.45) is 11.7 Å². The standard InChI is InChI=1S/C20H22BrN3O4S/c21-17-6-8-18(9-7-17)29(27,28)24-10-2-5-16(13-24)20(26)23-12-14-3-1-4-15(11-14)19(22)25/h1,3-4,6-9,11,16H,2,5,10,12-13H2,(H2,22,25)(H,23,26). The summed E-state index contributed by atoms with van der Waals surface area (Å²) in [6, 6.07) is 13.2. The largest absolute Gasteiger partial charge is 0.366 e. The molecule has 1 fully saturated rings. The zero-order valence-corrected chi connectivity index (χ0v) is 18.1. The fraction of sp³-hybridized carbons (Fsp3) is 0.300. The van der Waals surface area contributed by atoms with E-state index < -0.39 is 21.8 Å². The monoisotopic (exact) mass is 479 g/mol. The maximum absolute atomic E-state index is 12.9. The molecule has 1 atom stereocenters. The van der Waals surface area contributed by atoms with Crippen LogP contribution in [0.1, 0.15) is 28.8 Å². The van der Waals surface area contributed by atoms with Gasteiger partial charge in [-0.15, -0.1) is 0 Å². The Kier molecular flexibility index (Phi) is 6.71. The highest BCUT2D eigenvalue weighted by Gasteiger charge is 2.33. The lowest BCUT2D eigenvalue weighted by Gasteiger charge is -2.31. The van der Waals surface area contributed by atoms with Crippen molar-refractivity contribution in [3.8, 4) is 0 Å². The molecule has 0 bridgehead atoms. The Hall–Kier alpha value is -2.23. The van der Waals surface area contributed by atoms with Gasteiger partial charge < -0.3 is 11.1 Å². The molecule has 1 heterocycles. The van der Waals surface area contributed by atoms with Crippen LogP contribution < -0.4 is 11.1 Å². The van der Waals surface area contributed by atoms with Gasteiger partial charge in [0.1, 0.15) is 0 Å². The van der Waals surface area contributed by atoms with Gasteiger partial charge in [-0.1, -0.05) is 28.1 Å². The molecule has 3 N–H and O–H groups in total. The normalized spacial score (nSPS) is 17.6. The molecule has 2 aromatic rings. The number of nitrogens with zero attached hydrogens (tertiary/aromatic N) is 1. The molecule has 1 aliphatic heterocycles. The number of piperidine rings is 1. The summed E-state index contributed by atoms with van der Waals surface area (Å²) < 4.78 is 27.9. The molecule has 7 nitrogen and oxygen atoms in total. The molecule has 154 valence electrons. The minimum absolute atomic E-state index is 0.144. The summed E-state index contributed by atoms with van der Waals surface area (Å²) in [7, 11) is -3.65. The Morgan fingerprint density at radius 3 is 2.59 bits per heavy atom. The van der Waals surface area contributed by atoms with Gasteiger partial charge in [-0.25, -0.2) is 8.42 Å². The third-order valence-corrected chi connectivity index (χ3v) is 7.29. The van der Waals surface area contributed by atoms with Crippen LogP contribution in [0.4, 0.5) is 0 Å². The minimum atomic E-state index is -3.65. The SMILES string of the molecule is NC(=O)c1cccc(CNC(=O)C2CCCN(S(=O)(=O)c3ccc(Br)cc3)C2)c1. The molecule has 2 amide bonds. The number of halogens is 1. The zero-order valence-electron chi connectivity index (χ0n) is 15.7. The number of rotatable bonds is 6. The molecule has 9 heteroatoms. The average molecular weight is 480 g/mol. The second-order valence-corrected chi connectivity index (χ2v) is 9.79. The Morgan fingerprint density at radius 1 is 1.17 bits per heavy atom. The van der Waals surface area contributed by atoms with Crippen LogP contribution in [0.5, 0.6) is 0 Å². The van der Waals surface area contributed by atoms with Crippen LogP contribution in [0.3, 0.4) is 0 Å². The number of carbonyl (C=O) groups excluding carboxylic acids is 2. The zero-order chi connectivity index (χ0) is 21.0. The van der Waals surface area contributed by atoms with E-state index in [0.717, 1.165) is 10.0 Å². The number of amides is 2. The summed E-state index contributed by atoms with van der Waals surface area (Å²) in [5.74, 6) is -1.15. The van der Waals surface area contributed by atoms with E-state index in [1.54, 1.807) is 48.5 Å². The summed E-state index contributed by atoms with van der Waals surface area (Å²) in [4.78, 5) is 24.1. The highest BCUT2D eigenvalue weighted by Crippen LogP contribution is 2.25. The highest BCUT2D eigenvalue weighted by atomic mass is 79.9. The van der Waals surface area contributed by atoms with E-state index in [0.29, 0.717) is 24.9 Å². The molecule has 1 unspecified atom stereocenters. The second kappa shape index (κ2) is 9.06. The van der Waals surface area contributed by atoms with E-state index in [1.165, 1.54) is 4.31 Å². The van der Waals surface area contributed by atoms with Gasteiger partial charge in [0.05, 0.1) is 10.8 Å². The summed E-state index contributed by atoms with van der Waals surface area (Å²) in [6.07, 6.45) is 1.24. The molecule has 1 saturated heterocycles. The van der Waals surface area contributed by atoms with Crippen LogP contribution in [0.15, 0.2) is 57.9 Å². The molecular formula is C20H22BrN3O4S. The Bertz CT molecular complexity index is 1010. The lowest BCUT2D eigenvalue weighted by atomic mass is 9.98. The Labute approximate surface area is 178 Å². The molecule has 1 aliphatic rings. The highest BCUT2D eigenvalue weighted by molar-refractivity contribution is 9.10. The van der Waals surface area contributed by atoms with Crippen LogP contribution in [0.25, 0.3) is 0 Å². The van der Waals surface area contributed by atoms with Gasteiger partial charge in [0.2, 0.25) is 21.8 Å². The van der Waals surface area contributed by atoms with Gasteiger partial charge in [0, 0.05) is 29.7 Å². The van der Waals surface area contributed by atoms with Crippen LogP contribution in [-0.2, 0) is 21.4 Å². The van der Waals surface area contributed by atoms with E-state index in [1.807, 2.05) is 0 Å². The quantitative estimate of drug-likeness (QED) is 0.661. The molecule has 2 aromatic carbocycles.